The van der Waals surface area contributed by atoms with Gasteiger partial charge in [0.25, 0.3) is 0 Å². The Labute approximate surface area is 64.6 Å². The number of rotatable bonds is 2. The SMILES string of the molecule is CN(C)C(=O)Cn1nccn1. The van der Waals surface area contributed by atoms with Gasteiger partial charge in [0.05, 0.1) is 12.4 Å². The van der Waals surface area contributed by atoms with Gasteiger partial charge in [0, 0.05) is 14.1 Å². The zero-order valence-corrected chi connectivity index (χ0v) is 6.56. The first-order chi connectivity index (χ1) is 5.20. The number of carbonyl (C=O) groups is 1. The molecule has 1 amide bonds. The van der Waals surface area contributed by atoms with Crippen LogP contribution < -0.4 is 0 Å². The summed E-state index contributed by atoms with van der Waals surface area (Å²) in [6.07, 6.45) is 3.09. The van der Waals surface area contributed by atoms with Crippen molar-refractivity contribution in [1.29, 1.82) is 0 Å². The maximum absolute atomic E-state index is 11.0. The van der Waals surface area contributed by atoms with E-state index >= 15 is 0 Å². The molecule has 0 saturated carbocycles. The van der Waals surface area contributed by atoms with Gasteiger partial charge in [0.1, 0.15) is 6.54 Å². The fourth-order valence-electron chi connectivity index (χ4n) is 0.587. The fraction of sp³-hybridized carbons (Fsp3) is 0.500. The normalized spacial score (nSPS) is 9.64. The molecule has 60 valence electrons. The number of aromatic nitrogens is 3. The van der Waals surface area contributed by atoms with E-state index in [4.69, 9.17) is 0 Å². The molecule has 0 bridgehead atoms. The predicted molar refractivity (Wildman–Crippen MR) is 38.7 cm³/mol. The van der Waals surface area contributed by atoms with Crippen LogP contribution in [0.3, 0.4) is 0 Å². The van der Waals surface area contributed by atoms with Crippen LogP contribution in [0.25, 0.3) is 0 Å². The van der Waals surface area contributed by atoms with Gasteiger partial charge >= 0.3 is 0 Å². The highest BCUT2D eigenvalue weighted by molar-refractivity contribution is 5.75. The molecular weight excluding hydrogens is 144 g/mol. The van der Waals surface area contributed by atoms with Gasteiger partial charge in [-0.1, -0.05) is 0 Å². The van der Waals surface area contributed by atoms with E-state index in [1.807, 2.05) is 0 Å². The molecule has 0 atom stereocenters. The molecule has 1 aromatic heterocycles. The average molecular weight is 154 g/mol. The summed E-state index contributed by atoms with van der Waals surface area (Å²) in [6, 6.07) is 0. The molecule has 1 aromatic rings. The molecule has 1 heterocycles. The summed E-state index contributed by atoms with van der Waals surface area (Å²) in [5, 5.41) is 7.59. The Morgan fingerprint density at radius 3 is 2.45 bits per heavy atom. The van der Waals surface area contributed by atoms with Crippen LogP contribution in [0.15, 0.2) is 12.4 Å². The lowest BCUT2D eigenvalue weighted by molar-refractivity contribution is -0.129. The number of likely N-dealkylation sites (N-methyl/N-ethyl adjacent to an activating group) is 1. The van der Waals surface area contributed by atoms with Crippen LogP contribution in [-0.2, 0) is 11.3 Å². The Morgan fingerprint density at radius 2 is 2.00 bits per heavy atom. The third-order valence-electron chi connectivity index (χ3n) is 1.24. The van der Waals surface area contributed by atoms with E-state index in [0.29, 0.717) is 0 Å². The summed E-state index contributed by atoms with van der Waals surface area (Å²) in [7, 11) is 3.40. The van der Waals surface area contributed by atoms with Gasteiger partial charge in [-0.25, -0.2) is 0 Å². The molecule has 5 heteroatoms. The van der Waals surface area contributed by atoms with Crippen molar-refractivity contribution >= 4 is 5.91 Å². The van der Waals surface area contributed by atoms with Crippen molar-refractivity contribution in [3.63, 3.8) is 0 Å². The Hall–Kier alpha value is -1.39. The first-order valence-electron chi connectivity index (χ1n) is 3.24. The van der Waals surface area contributed by atoms with Crippen LogP contribution in [0.5, 0.6) is 0 Å². The Bertz CT molecular complexity index is 229. The highest BCUT2D eigenvalue weighted by Crippen LogP contribution is 1.83. The van der Waals surface area contributed by atoms with Crippen LogP contribution in [0, 0.1) is 0 Å². The summed E-state index contributed by atoms with van der Waals surface area (Å²) in [6.45, 7) is 0.208. The molecule has 0 fully saturated rings. The molecular formula is C6H10N4O. The van der Waals surface area contributed by atoms with Crippen molar-refractivity contribution in [1.82, 2.24) is 19.9 Å². The Balaban J connectivity index is 2.50. The topological polar surface area (TPSA) is 51.0 Å². The Kier molecular flexibility index (Phi) is 2.20. The van der Waals surface area contributed by atoms with Crippen LogP contribution >= 0.6 is 0 Å². The first kappa shape index (κ1) is 7.71. The molecule has 1 rings (SSSR count). The van der Waals surface area contributed by atoms with Crippen LogP contribution in [-0.4, -0.2) is 39.9 Å². The minimum absolute atomic E-state index is 0.0128. The minimum Gasteiger partial charge on any atom is -0.347 e. The molecule has 0 unspecified atom stereocenters. The third-order valence-corrected chi connectivity index (χ3v) is 1.24. The van der Waals surface area contributed by atoms with Gasteiger partial charge in [-0.15, -0.1) is 0 Å². The third kappa shape index (κ3) is 2.03. The zero-order chi connectivity index (χ0) is 8.27. The highest BCUT2D eigenvalue weighted by atomic mass is 16.2. The number of hydrogen-bond donors (Lipinski definition) is 0. The van der Waals surface area contributed by atoms with Gasteiger partial charge < -0.3 is 4.90 Å². The van der Waals surface area contributed by atoms with Crippen LogP contribution in [0.4, 0.5) is 0 Å². The molecule has 11 heavy (non-hydrogen) atoms. The highest BCUT2D eigenvalue weighted by Gasteiger charge is 2.04. The summed E-state index contributed by atoms with van der Waals surface area (Å²) >= 11 is 0. The molecule has 0 aromatic carbocycles. The molecule has 0 saturated heterocycles. The van der Waals surface area contributed by atoms with E-state index in [9.17, 15) is 4.79 Å². The van der Waals surface area contributed by atoms with Gasteiger partial charge in [0.15, 0.2) is 0 Å². The molecule has 0 spiro atoms. The minimum atomic E-state index is -0.0128. The zero-order valence-electron chi connectivity index (χ0n) is 6.56. The molecule has 0 aliphatic rings. The first-order valence-corrected chi connectivity index (χ1v) is 3.24. The number of hydrogen-bond acceptors (Lipinski definition) is 3. The van der Waals surface area contributed by atoms with E-state index in [1.54, 1.807) is 26.5 Å². The lowest BCUT2D eigenvalue weighted by Crippen LogP contribution is -2.27. The molecule has 0 radical (unpaired) electrons. The summed E-state index contributed by atoms with van der Waals surface area (Å²) in [4.78, 5) is 13.9. The molecule has 5 nitrogen and oxygen atoms in total. The summed E-state index contributed by atoms with van der Waals surface area (Å²) in [5.41, 5.74) is 0. The lowest BCUT2D eigenvalue weighted by Gasteiger charge is -2.08. The number of nitrogens with zero attached hydrogens (tertiary/aromatic N) is 4. The predicted octanol–water partition coefficient (Wildman–Crippen LogP) is -0.634. The van der Waals surface area contributed by atoms with Crippen molar-refractivity contribution in [3.8, 4) is 0 Å². The molecule has 0 aliphatic carbocycles. The Morgan fingerprint density at radius 1 is 1.45 bits per heavy atom. The van der Waals surface area contributed by atoms with E-state index in [1.165, 1.54) is 9.70 Å². The standard InChI is InChI=1S/C6H10N4O/c1-9(2)6(11)5-10-7-3-4-8-10/h3-4H,5H2,1-2H3. The second kappa shape index (κ2) is 3.14. The number of amides is 1. The summed E-state index contributed by atoms with van der Waals surface area (Å²) in [5.74, 6) is -0.0128. The van der Waals surface area contributed by atoms with E-state index in [0.717, 1.165) is 0 Å². The van der Waals surface area contributed by atoms with Crippen molar-refractivity contribution < 1.29 is 4.79 Å². The average Bonchev–Trinajstić information content (AvgIpc) is 2.39. The fourth-order valence-corrected chi connectivity index (χ4v) is 0.587. The maximum Gasteiger partial charge on any atom is 0.245 e. The van der Waals surface area contributed by atoms with Crippen molar-refractivity contribution in [3.05, 3.63) is 12.4 Å². The van der Waals surface area contributed by atoms with Crippen LogP contribution in [0.1, 0.15) is 0 Å². The number of carbonyl (C=O) groups excluding carboxylic acids is 1. The largest absolute Gasteiger partial charge is 0.347 e. The monoisotopic (exact) mass is 154 g/mol. The second-order valence-corrected chi connectivity index (χ2v) is 2.35. The van der Waals surface area contributed by atoms with E-state index in [-0.39, 0.29) is 12.5 Å². The smallest absolute Gasteiger partial charge is 0.245 e. The van der Waals surface area contributed by atoms with Crippen molar-refractivity contribution in [2.45, 2.75) is 6.54 Å². The van der Waals surface area contributed by atoms with Crippen molar-refractivity contribution in [2.24, 2.45) is 0 Å². The van der Waals surface area contributed by atoms with Crippen LogP contribution in [0.2, 0.25) is 0 Å². The van der Waals surface area contributed by atoms with Crippen molar-refractivity contribution in [2.75, 3.05) is 14.1 Å². The summed E-state index contributed by atoms with van der Waals surface area (Å²) < 4.78 is 0. The second-order valence-electron chi connectivity index (χ2n) is 2.35. The van der Waals surface area contributed by atoms with Gasteiger partial charge in [-0.05, 0) is 0 Å². The van der Waals surface area contributed by atoms with E-state index in [2.05, 4.69) is 10.2 Å². The van der Waals surface area contributed by atoms with Gasteiger partial charge in [-0.2, -0.15) is 15.0 Å². The van der Waals surface area contributed by atoms with Gasteiger partial charge in [-0.3, -0.25) is 4.79 Å². The quantitative estimate of drug-likeness (QED) is 0.569. The lowest BCUT2D eigenvalue weighted by atomic mass is 10.6. The van der Waals surface area contributed by atoms with E-state index < -0.39 is 0 Å². The molecule has 0 aliphatic heterocycles. The molecule has 0 N–H and O–H groups in total. The van der Waals surface area contributed by atoms with Gasteiger partial charge in [0.2, 0.25) is 5.91 Å². The maximum atomic E-state index is 11.0.